The van der Waals surface area contributed by atoms with E-state index in [0.717, 1.165) is 0 Å². The molecule has 0 aromatic heterocycles. The molecular formula is C10H20N2O2S. The Kier molecular flexibility index (Phi) is 3.33. The van der Waals surface area contributed by atoms with Crippen molar-refractivity contribution in [3.05, 3.63) is 0 Å². The fourth-order valence-electron chi connectivity index (χ4n) is 1.72. The number of sulfonamides is 1. The second-order valence-corrected chi connectivity index (χ2v) is 6.66. The lowest BCUT2D eigenvalue weighted by Crippen LogP contribution is -2.38. The largest absolute Gasteiger partial charge is 0.313 e. The Hall–Kier alpha value is -0.130. The third kappa shape index (κ3) is 4.09. The number of rotatable bonds is 7. The second kappa shape index (κ2) is 4.39. The third-order valence-corrected chi connectivity index (χ3v) is 4.55. The van der Waals surface area contributed by atoms with Gasteiger partial charge < -0.3 is 5.32 Å². The van der Waals surface area contributed by atoms with Gasteiger partial charge in [0, 0.05) is 18.6 Å². The van der Waals surface area contributed by atoms with Crippen molar-refractivity contribution in [2.75, 3.05) is 12.3 Å². The zero-order valence-electron chi connectivity index (χ0n) is 9.20. The summed E-state index contributed by atoms with van der Waals surface area (Å²) in [5.41, 5.74) is 0. The van der Waals surface area contributed by atoms with E-state index in [4.69, 9.17) is 0 Å². The van der Waals surface area contributed by atoms with Crippen LogP contribution in [0.3, 0.4) is 0 Å². The molecular weight excluding hydrogens is 212 g/mol. The molecule has 0 aliphatic heterocycles. The molecule has 2 saturated carbocycles. The van der Waals surface area contributed by atoms with Crippen molar-refractivity contribution in [1.29, 1.82) is 0 Å². The Morgan fingerprint density at radius 1 is 1.27 bits per heavy atom. The number of hydrogen-bond donors (Lipinski definition) is 2. The van der Waals surface area contributed by atoms with Gasteiger partial charge in [-0.2, -0.15) is 0 Å². The monoisotopic (exact) mass is 232 g/mol. The van der Waals surface area contributed by atoms with Crippen molar-refractivity contribution >= 4 is 10.0 Å². The number of nitrogens with one attached hydrogen (secondary N) is 2. The molecule has 0 radical (unpaired) electrons. The Bertz CT molecular complexity index is 307. The van der Waals surface area contributed by atoms with E-state index in [1.54, 1.807) is 0 Å². The van der Waals surface area contributed by atoms with Gasteiger partial charge in [-0.15, -0.1) is 0 Å². The first-order chi connectivity index (χ1) is 7.07. The molecule has 1 atom stereocenters. The minimum atomic E-state index is -3.07. The van der Waals surface area contributed by atoms with E-state index in [2.05, 4.69) is 10.0 Å². The maximum Gasteiger partial charge on any atom is 0.213 e. The molecule has 4 nitrogen and oxygen atoms in total. The highest BCUT2D eigenvalue weighted by Crippen LogP contribution is 2.32. The molecule has 2 fully saturated rings. The lowest BCUT2D eigenvalue weighted by Gasteiger charge is -2.13. The first-order valence-electron chi connectivity index (χ1n) is 5.80. The smallest absolute Gasteiger partial charge is 0.213 e. The quantitative estimate of drug-likeness (QED) is 0.670. The lowest BCUT2D eigenvalue weighted by atomic mass is 10.2. The van der Waals surface area contributed by atoms with Crippen LogP contribution in [0.2, 0.25) is 0 Å². The molecule has 2 aliphatic rings. The first-order valence-corrected chi connectivity index (χ1v) is 7.45. The summed E-state index contributed by atoms with van der Waals surface area (Å²) in [5, 5.41) is 3.21. The molecule has 0 heterocycles. The van der Waals surface area contributed by atoms with Crippen LogP contribution in [0, 0.1) is 5.92 Å². The predicted molar refractivity (Wildman–Crippen MR) is 60.1 cm³/mol. The van der Waals surface area contributed by atoms with Crippen molar-refractivity contribution in [2.24, 2.45) is 5.92 Å². The summed E-state index contributed by atoms with van der Waals surface area (Å²) < 4.78 is 26.0. The molecule has 88 valence electrons. The summed E-state index contributed by atoms with van der Waals surface area (Å²) in [6.45, 7) is 2.54. The molecule has 0 saturated heterocycles. The summed E-state index contributed by atoms with van der Waals surface area (Å²) >= 11 is 0. The van der Waals surface area contributed by atoms with Gasteiger partial charge in [-0.05, 0) is 38.5 Å². The molecule has 0 aromatic carbocycles. The summed E-state index contributed by atoms with van der Waals surface area (Å²) in [6, 6.07) is 0.706. The van der Waals surface area contributed by atoms with Crippen LogP contribution in [0.4, 0.5) is 0 Å². The molecule has 0 spiro atoms. The molecule has 0 aromatic rings. The lowest BCUT2D eigenvalue weighted by molar-refractivity contribution is 0.535. The van der Waals surface area contributed by atoms with Crippen LogP contribution in [0.25, 0.3) is 0 Å². The molecule has 15 heavy (non-hydrogen) atoms. The Morgan fingerprint density at radius 2 is 1.93 bits per heavy atom. The average Bonchev–Trinajstić information content (AvgIpc) is 2.99. The van der Waals surface area contributed by atoms with Crippen molar-refractivity contribution in [1.82, 2.24) is 10.0 Å². The molecule has 1 unspecified atom stereocenters. The summed E-state index contributed by atoms with van der Waals surface area (Å²) in [5.74, 6) is 0.789. The van der Waals surface area contributed by atoms with Crippen LogP contribution < -0.4 is 10.0 Å². The van der Waals surface area contributed by atoms with Crippen LogP contribution >= 0.6 is 0 Å². The van der Waals surface area contributed by atoms with Crippen LogP contribution in [-0.2, 0) is 10.0 Å². The number of hydrogen-bond acceptors (Lipinski definition) is 3. The normalized spacial score (nSPS) is 24.1. The van der Waals surface area contributed by atoms with Gasteiger partial charge in [-0.1, -0.05) is 0 Å². The highest BCUT2D eigenvalue weighted by Gasteiger charge is 2.30. The topological polar surface area (TPSA) is 58.2 Å². The van der Waals surface area contributed by atoms with E-state index in [1.807, 2.05) is 6.92 Å². The summed E-state index contributed by atoms with van der Waals surface area (Å²) in [6.07, 6.45) is 4.74. The van der Waals surface area contributed by atoms with Crippen molar-refractivity contribution in [3.63, 3.8) is 0 Å². The Balaban J connectivity index is 1.67. The minimum absolute atomic E-state index is 0.121. The molecule has 0 amide bonds. The van der Waals surface area contributed by atoms with Gasteiger partial charge in [0.05, 0.1) is 5.75 Å². The maximum atomic E-state index is 11.6. The maximum absolute atomic E-state index is 11.6. The zero-order chi connectivity index (χ0) is 10.9. The average molecular weight is 232 g/mol. The third-order valence-electron chi connectivity index (χ3n) is 3.08. The van der Waals surface area contributed by atoms with Gasteiger partial charge in [0.2, 0.25) is 10.0 Å². The Morgan fingerprint density at radius 3 is 2.47 bits per heavy atom. The Labute approximate surface area is 91.9 Å². The predicted octanol–water partition coefficient (Wildman–Crippen LogP) is 0.456. The van der Waals surface area contributed by atoms with E-state index in [1.165, 1.54) is 25.7 Å². The molecule has 2 rings (SSSR count). The zero-order valence-corrected chi connectivity index (χ0v) is 10.0. The van der Waals surface area contributed by atoms with E-state index >= 15 is 0 Å². The van der Waals surface area contributed by atoms with Crippen LogP contribution in [-0.4, -0.2) is 32.8 Å². The van der Waals surface area contributed by atoms with Crippen LogP contribution in [0.5, 0.6) is 0 Å². The van der Waals surface area contributed by atoms with Gasteiger partial charge in [-0.25, -0.2) is 13.1 Å². The summed E-state index contributed by atoms with van der Waals surface area (Å²) in [4.78, 5) is 0. The van der Waals surface area contributed by atoms with Crippen molar-refractivity contribution in [2.45, 2.75) is 44.7 Å². The van der Waals surface area contributed by atoms with E-state index in [0.29, 0.717) is 18.5 Å². The van der Waals surface area contributed by atoms with Crippen LogP contribution in [0.1, 0.15) is 32.6 Å². The van der Waals surface area contributed by atoms with Crippen molar-refractivity contribution < 1.29 is 8.42 Å². The molecule has 0 bridgehead atoms. The van der Waals surface area contributed by atoms with Gasteiger partial charge in [0.25, 0.3) is 0 Å². The molecule has 5 heteroatoms. The van der Waals surface area contributed by atoms with E-state index in [-0.39, 0.29) is 11.8 Å². The van der Waals surface area contributed by atoms with E-state index in [9.17, 15) is 8.42 Å². The van der Waals surface area contributed by atoms with Gasteiger partial charge in [-0.3, -0.25) is 0 Å². The highest BCUT2D eigenvalue weighted by molar-refractivity contribution is 7.89. The standard InChI is InChI=1S/C10H20N2O2S/c1-8(9-2-3-9)12-15(13,14)7-6-11-10-4-5-10/h8-12H,2-7H2,1H3. The van der Waals surface area contributed by atoms with E-state index < -0.39 is 10.0 Å². The first kappa shape index (κ1) is 11.4. The van der Waals surface area contributed by atoms with Gasteiger partial charge >= 0.3 is 0 Å². The van der Waals surface area contributed by atoms with Gasteiger partial charge in [0.1, 0.15) is 0 Å². The fraction of sp³-hybridized carbons (Fsp3) is 1.00. The second-order valence-electron chi connectivity index (χ2n) is 4.79. The fourth-order valence-corrected chi connectivity index (χ4v) is 2.98. The summed E-state index contributed by atoms with van der Waals surface area (Å²) in [7, 11) is -3.07. The SMILES string of the molecule is CC(NS(=O)(=O)CCNC1CC1)C1CC1. The van der Waals surface area contributed by atoms with Crippen LogP contribution in [0.15, 0.2) is 0 Å². The van der Waals surface area contributed by atoms with Crippen molar-refractivity contribution in [3.8, 4) is 0 Å². The minimum Gasteiger partial charge on any atom is -0.313 e. The highest BCUT2D eigenvalue weighted by atomic mass is 32.2. The molecule has 2 N–H and O–H groups in total. The van der Waals surface area contributed by atoms with Gasteiger partial charge in [0.15, 0.2) is 0 Å². The molecule has 2 aliphatic carbocycles.